The van der Waals surface area contributed by atoms with Crippen molar-refractivity contribution in [3.05, 3.63) is 33.9 Å². The van der Waals surface area contributed by atoms with Crippen molar-refractivity contribution < 1.29 is 22.8 Å². The first-order valence-corrected chi connectivity index (χ1v) is 8.78. The first kappa shape index (κ1) is 18.9. The summed E-state index contributed by atoms with van der Waals surface area (Å²) in [5.74, 6) is 0. The molecule has 0 amide bonds. The smallest absolute Gasteiger partial charge is 0.379 e. The molecular formula is C17H22F3N3O3. The predicted molar refractivity (Wildman–Crippen MR) is 90.3 cm³/mol. The third kappa shape index (κ3) is 4.27. The van der Waals surface area contributed by atoms with E-state index >= 15 is 0 Å². The summed E-state index contributed by atoms with van der Waals surface area (Å²) in [4.78, 5) is 14.9. The molecule has 0 spiro atoms. The van der Waals surface area contributed by atoms with E-state index in [1.54, 1.807) is 0 Å². The molecule has 0 N–H and O–H groups in total. The summed E-state index contributed by atoms with van der Waals surface area (Å²) in [6.45, 7) is 4.28. The minimum absolute atomic E-state index is 0.0530. The lowest BCUT2D eigenvalue weighted by atomic mass is 9.99. The summed E-state index contributed by atoms with van der Waals surface area (Å²) < 4.78 is 44.2. The summed E-state index contributed by atoms with van der Waals surface area (Å²) in [6.07, 6.45) is -1.84. The maximum absolute atomic E-state index is 12.9. The molecule has 9 heteroatoms. The van der Waals surface area contributed by atoms with Crippen LogP contribution in [-0.2, 0) is 10.9 Å². The fourth-order valence-electron chi connectivity index (χ4n) is 3.68. The van der Waals surface area contributed by atoms with Crippen LogP contribution >= 0.6 is 0 Å². The SMILES string of the molecule is O=[N+]([O-])c1cc(C(F)(F)F)ccc1N1CCCCC1CN1CCOCC1. The molecule has 2 heterocycles. The van der Waals surface area contributed by atoms with E-state index in [0.717, 1.165) is 45.0 Å². The summed E-state index contributed by atoms with van der Waals surface area (Å²) in [6, 6.07) is 2.88. The molecule has 1 unspecified atom stereocenters. The standard InChI is InChI=1S/C17H22F3N3O3/c18-17(19,20)13-4-5-15(16(11-13)23(24)25)22-6-2-1-3-14(22)12-21-7-9-26-10-8-21/h4-5,11,14H,1-3,6-10,12H2. The first-order valence-electron chi connectivity index (χ1n) is 8.78. The quantitative estimate of drug-likeness (QED) is 0.599. The van der Waals surface area contributed by atoms with E-state index in [1.807, 2.05) is 4.90 Å². The third-order valence-electron chi connectivity index (χ3n) is 5.01. The van der Waals surface area contributed by atoms with Gasteiger partial charge in [-0.3, -0.25) is 15.0 Å². The lowest BCUT2D eigenvalue weighted by Gasteiger charge is -2.40. The first-order chi connectivity index (χ1) is 12.4. The summed E-state index contributed by atoms with van der Waals surface area (Å²) in [5, 5.41) is 11.4. The highest BCUT2D eigenvalue weighted by Crippen LogP contribution is 2.38. The zero-order valence-electron chi connectivity index (χ0n) is 14.4. The van der Waals surface area contributed by atoms with Crippen molar-refractivity contribution in [3.8, 4) is 0 Å². The normalized spacial score (nSPS) is 22.4. The van der Waals surface area contributed by atoms with E-state index in [1.165, 1.54) is 6.07 Å². The van der Waals surface area contributed by atoms with E-state index in [-0.39, 0.29) is 11.7 Å². The number of alkyl halides is 3. The van der Waals surface area contributed by atoms with Gasteiger partial charge in [0.25, 0.3) is 5.69 Å². The highest BCUT2D eigenvalue weighted by molar-refractivity contribution is 5.65. The molecule has 2 aliphatic rings. The fourth-order valence-corrected chi connectivity index (χ4v) is 3.68. The van der Waals surface area contributed by atoms with Crippen LogP contribution in [0.15, 0.2) is 18.2 Å². The number of morpholine rings is 1. The van der Waals surface area contributed by atoms with Crippen LogP contribution in [0.2, 0.25) is 0 Å². The molecule has 1 aromatic rings. The third-order valence-corrected chi connectivity index (χ3v) is 5.01. The van der Waals surface area contributed by atoms with Crippen molar-refractivity contribution in [2.24, 2.45) is 0 Å². The number of rotatable bonds is 4. The van der Waals surface area contributed by atoms with Crippen molar-refractivity contribution >= 4 is 11.4 Å². The van der Waals surface area contributed by atoms with E-state index in [4.69, 9.17) is 4.74 Å². The van der Waals surface area contributed by atoms with Gasteiger partial charge in [-0.2, -0.15) is 13.2 Å². The lowest BCUT2D eigenvalue weighted by molar-refractivity contribution is -0.384. The molecule has 2 saturated heterocycles. The zero-order valence-corrected chi connectivity index (χ0v) is 14.4. The molecule has 1 aromatic carbocycles. The summed E-state index contributed by atoms with van der Waals surface area (Å²) in [5.41, 5.74) is -1.19. The largest absolute Gasteiger partial charge is 0.416 e. The van der Waals surface area contributed by atoms with Crippen molar-refractivity contribution in [1.82, 2.24) is 4.90 Å². The molecule has 0 bridgehead atoms. The Morgan fingerprint density at radius 3 is 2.58 bits per heavy atom. The molecule has 0 saturated carbocycles. The molecule has 144 valence electrons. The number of hydrogen-bond donors (Lipinski definition) is 0. The Hall–Kier alpha value is -1.87. The van der Waals surface area contributed by atoms with Crippen LogP contribution in [0.5, 0.6) is 0 Å². The van der Waals surface area contributed by atoms with E-state index in [9.17, 15) is 23.3 Å². The van der Waals surface area contributed by atoms with Gasteiger partial charge in [-0.25, -0.2) is 0 Å². The van der Waals surface area contributed by atoms with Crippen LogP contribution in [0.1, 0.15) is 24.8 Å². The number of piperidine rings is 1. The molecule has 0 aromatic heterocycles. The van der Waals surface area contributed by atoms with Crippen molar-refractivity contribution in [2.75, 3.05) is 44.3 Å². The van der Waals surface area contributed by atoms with Gasteiger partial charge >= 0.3 is 6.18 Å². The van der Waals surface area contributed by atoms with Crippen LogP contribution in [-0.4, -0.2) is 55.3 Å². The maximum Gasteiger partial charge on any atom is 0.416 e. The van der Waals surface area contributed by atoms with Crippen molar-refractivity contribution in [1.29, 1.82) is 0 Å². The number of nitro benzene ring substituents is 1. The minimum Gasteiger partial charge on any atom is -0.379 e. The topological polar surface area (TPSA) is 58.9 Å². The van der Waals surface area contributed by atoms with Gasteiger partial charge in [0.1, 0.15) is 5.69 Å². The molecule has 2 aliphatic heterocycles. The van der Waals surface area contributed by atoms with Crippen LogP contribution < -0.4 is 4.90 Å². The van der Waals surface area contributed by atoms with Crippen LogP contribution in [0.4, 0.5) is 24.5 Å². The van der Waals surface area contributed by atoms with Crippen LogP contribution in [0.3, 0.4) is 0 Å². The van der Waals surface area contributed by atoms with Gasteiger partial charge in [0.15, 0.2) is 0 Å². The number of nitro groups is 1. The number of hydrogen-bond acceptors (Lipinski definition) is 5. The van der Waals surface area contributed by atoms with Crippen molar-refractivity contribution in [3.63, 3.8) is 0 Å². The molecular weight excluding hydrogens is 351 g/mol. The second kappa shape index (κ2) is 7.79. The molecule has 0 aliphatic carbocycles. The molecule has 6 nitrogen and oxygen atoms in total. The molecule has 0 radical (unpaired) electrons. The van der Waals surface area contributed by atoms with E-state index in [2.05, 4.69) is 4.90 Å². The highest BCUT2D eigenvalue weighted by atomic mass is 19.4. The number of anilines is 1. The second-order valence-electron chi connectivity index (χ2n) is 6.71. The molecule has 1 atom stereocenters. The number of nitrogens with zero attached hydrogens (tertiary/aromatic N) is 3. The maximum atomic E-state index is 12.9. The monoisotopic (exact) mass is 373 g/mol. The second-order valence-corrected chi connectivity index (χ2v) is 6.71. The fraction of sp³-hybridized carbons (Fsp3) is 0.647. The molecule has 2 fully saturated rings. The Kier molecular flexibility index (Phi) is 5.67. The Morgan fingerprint density at radius 2 is 1.92 bits per heavy atom. The van der Waals surface area contributed by atoms with Gasteiger partial charge in [0.05, 0.1) is 23.7 Å². The zero-order chi connectivity index (χ0) is 18.7. The van der Waals surface area contributed by atoms with Gasteiger partial charge in [0.2, 0.25) is 0 Å². The Labute approximate surface area is 149 Å². The minimum atomic E-state index is -4.60. The van der Waals surface area contributed by atoms with Crippen LogP contribution in [0, 0.1) is 10.1 Å². The Bertz CT molecular complexity index is 648. The van der Waals surface area contributed by atoms with E-state index in [0.29, 0.717) is 25.8 Å². The van der Waals surface area contributed by atoms with E-state index < -0.39 is 22.4 Å². The molecule has 26 heavy (non-hydrogen) atoms. The lowest BCUT2D eigenvalue weighted by Crippen LogP contribution is -2.49. The van der Waals surface area contributed by atoms with Gasteiger partial charge in [-0.05, 0) is 31.4 Å². The summed E-state index contributed by atoms with van der Waals surface area (Å²) >= 11 is 0. The van der Waals surface area contributed by atoms with Gasteiger partial charge < -0.3 is 9.64 Å². The average molecular weight is 373 g/mol. The van der Waals surface area contributed by atoms with Gasteiger partial charge in [-0.15, -0.1) is 0 Å². The number of halogens is 3. The number of ether oxygens (including phenoxy) is 1. The Balaban J connectivity index is 1.87. The number of benzene rings is 1. The van der Waals surface area contributed by atoms with Crippen LogP contribution in [0.25, 0.3) is 0 Å². The van der Waals surface area contributed by atoms with Gasteiger partial charge in [0, 0.05) is 38.3 Å². The average Bonchev–Trinajstić information content (AvgIpc) is 2.62. The summed E-state index contributed by atoms with van der Waals surface area (Å²) in [7, 11) is 0. The predicted octanol–water partition coefficient (Wildman–Crippen LogP) is 3.30. The van der Waals surface area contributed by atoms with Gasteiger partial charge in [-0.1, -0.05) is 0 Å². The Morgan fingerprint density at radius 1 is 1.19 bits per heavy atom. The highest BCUT2D eigenvalue weighted by Gasteiger charge is 2.35. The molecule has 3 rings (SSSR count). The van der Waals surface area contributed by atoms with Crippen molar-refractivity contribution in [2.45, 2.75) is 31.5 Å².